The zero-order chi connectivity index (χ0) is 13.8. The van der Waals surface area contributed by atoms with Crippen LogP contribution in [-0.2, 0) is 17.8 Å². The van der Waals surface area contributed by atoms with Crippen LogP contribution in [0.2, 0.25) is 0 Å². The van der Waals surface area contributed by atoms with Gasteiger partial charge >= 0.3 is 0 Å². The lowest BCUT2D eigenvalue weighted by atomic mass is 9.98. The van der Waals surface area contributed by atoms with Gasteiger partial charge in [0.05, 0.1) is 0 Å². The third-order valence-corrected chi connectivity index (χ3v) is 3.64. The Balaban J connectivity index is 2.02. The van der Waals surface area contributed by atoms with E-state index in [0.717, 1.165) is 31.6 Å². The Morgan fingerprint density at radius 1 is 1.47 bits per heavy atom. The van der Waals surface area contributed by atoms with E-state index in [2.05, 4.69) is 5.32 Å². The van der Waals surface area contributed by atoms with Gasteiger partial charge in [-0.1, -0.05) is 19.9 Å². The van der Waals surface area contributed by atoms with Crippen LogP contribution in [0.25, 0.3) is 0 Å². The highest BCUT2D eigenvalue weighted by Gasteiger charge is 2.24. The number of aromatic hydroxyl groups is 1. The molecule has 0 radical (unpaired) electrons. The Hall–Kier alpha value is -1.55. The molecule has 1 aliphatic rings. The SMILES string of the molecule is CCNCC(C)C(=O)N1CCc2ccc(O)cc2C1. The van der Waals surface area contributed by atoms with Gasteiger partial charge < -0.3 is 15.3 Å². The summed E-state index contributed by atoms with van der Waals surface area (Å²) in [6, 6.07) is 5.43. The number of phenolic OH excluding ortho intramolecular Hbond substituents is 1. The van der Waals surface area contributed by atoms with E-state index in [0.29, 0.717) is 6.54 Å². The molecule has 1 atom stereocenters. The van der Waals surface area contributed by atoms with Gasteiger partial charge in [-0.2, -0.15) is 0 Å². The van der Waals surface area contributed by atoms with E-state index in [1.54, 1.807) is 12.1 Å². The molecule has 0 spiro atoms. The number of fused-ring (bicyclic) bond motifs is 1. The molecule has 2 rings (SSSR count). The molecule has 0 fully saturated rings. The fourth-order valence-electron chi connectivity index (χ4n) is 2.49. The van der Waals surface area contributed by atoms with Gasteiger partial charge in [-0.05, 0) is 36.2 Å². The molecule has 0 saturated carbocycles. The minimum atomic E-state index is -0.00110. The number of rotatable bonds is 4. The monoisotopic (exact) mass is 262 g/mol. The van der Waals surface area contributed by atoms with Crippen LogP contribution in [0.1, 0.15) is 25.0 Å². The molecule has 0 bridgehead atoms. The maximum absolute atomic E-state index is 12.3. The maximum Gasteiger partial charge on any atom is 0.226 e. The molecule has 104 valence electrons. The topological polar surface area (TPSA) is 52.6 Å². The molecular weight excluding hydrogens is 240 g/mol. The van der Waals surface area contributed by atoms with Gasteiger partial charge in [0.25, 0.3) is 0 Å². The minimum absolute atomic E-state index is 0.00110. The highest BCUT2D eigenvalue weighted by molar-refractivity contribution is 5.79. The molecule has 1 aromatic rings. The van der Waals surface area contributed by atoms with Crippen LogP contribution in [-0.4, -0.2) is 35.5 Å². The summed E-state index contributed by atoms with van der Waals surface area (Å²) in [6.45, 7) is 6.99. The zero-order valence-electron chi connectivity index (χ0n) is 11.6. The van der Waals surface area contributed by atoms with Crippen molar-refractivity contribution in [2.24, 2.45) is 5.92 Å². The zero-order valence-corrected chi connectivity index (χ0v) is 11.6. The first-order valence-electron chi connectivity index (χ1n) is 6.92. The number of phenols is 1. The van der Waals surface area contributed by atoms with Gasteiger partial charge in [-0.3, -0.25) is 4.79 Å². The van der Waals surface area contributed by atoms with Crippen molar-refractivity contribution < 1.29 is 9.90 Å². The van der Waals surface area contributed by atoms with Crippen LogP contribution in [0.15, 0.2) is 18.2 Å². The molecule has 0 aliphatic carbocycles. The lowest BCUT2D eigenvalue weighted by molar-refractivity contribution is -0.135. The van der Waals surface area contributed by atoms with Gasteiger partial charge in [0.2, 0.25) is 5.91 Å². The summed E-state index contributed by atoms with van der Waals surface area (Å²) in [5, 5.41) is 12.7. The van der Waals surface area contributed by atoms with Gasteiger partial charge in [-0.15, -0.1) is 0 Å². The third kappa shape index (κ3) is 3.26. The van der Waals surface area contributed by atoms with Gasteiger partial charge in [0, 0.05) is 25.6 Å². The number of nitrogens with zero attached hydrogens (tertiary/aromatic N) is 1. The van der Waals surface area contributed by atoms with Gasteiger partial charge in [0.15, 0.2) is 0 Å². The molecule has 0 aromatic heterocycles. The molecule has 4 heteroatoms. The standard InChI is InChI=1S/C15H22N2O2/c1-3-16-9-11(2)15(19)17-7-6-12-4-5-14(18)8-13(12)10-17/h4-5,8,11,16,18H,3,6-7,9-10H2,1-2H3. The lowest BCUT2D eigenvalue weighted by Gasteiger charge is -2.31. The van der Waals surface area contributed by atoms with Crippen molar-refractivity contribution in [2.45, 2.75) is 26.8 Å². The van der Waals surface area contributed by atoms with Crippen molar-refractivity contribution in [2.75, 3.05) is 19.6 Å². The van der Waals surface area contributed by atoms with Crippen LogP contribution in [0.3, 0.4) is 0 Å². The lowest BCUT2D eigenvalue weighted by Crippen LogP contribution is -2.41. The molecule has 1 heterocycles. The van der Waals surface area contributed by atoms with Crippen LogP contribution < -0.4 is 5.32 Å². The third-order valence-electron chi connectivity index (χ3n) is 3.64. The first-order chi connectivity index (χ1) is 9.11. The van der Waals surface area contributed by atoms with Crippen LogP contribution in [0, 0.1) is 5.92 Å². The summed E-state index contributed by atoms with van der Waals surface area (Å²) < 4.78 is 0. The minimum Gasteiger partial charge on any atom is -0.508 e. The predicted octanol–water partition coefficient (Wildman–Crippen LogP) is 1.52. The van der Waals surface area contributed by atoms with Crippen LogP contribution >= 0.6 is 0 Å². The smallest absolute Gasteiger partial charge is 0.226 e. The van der Waals surface area contributed by atoms with Crippen molar-refractivity contribution in [1.82, 2.24) is 10.2 Å². The summed E-state index contributed by atoms with van der Waals surface area (Å²) in [7, 11) is 0. The van der Waals surface area contributed by atoms with E-state index in [9.17, 15) is 9.90 Å². The van der Waals surface area contributed by atoms with E-state index < -0.39 is 0 Å². The van der Waals surface area contributed by atoms with Crippen molar-refractivity contribution in [1.29, 1.82) is 0 Å². The second-order valence-corrected chi connectivity index (χ2v) is 5.17. The summed E-state index contributed by atoms with van der Waals surface area (Å²) >= 11 is 0. The Labute approximate surface area is 114 Å². The quantitative estimate of drug-likeness (QED) is 0.865. The molecule has 4 nitrogen and oxygen atoms in total. The van der Waals surface area contributed by atoms with Crippen LogP contribution in [0.4, 0.5) is 0 Å². The highest BCUT2D eigenvalue weighted by atomic mass is 16.3. The predicted molar refractivity (Wildman–Crippen MR) is 74.9 cm³/mol. The molecule has 1 aromatic carbocycles. The molecule has 1 amide bonds. The van der Waals surface area contributed by atoms with Crippen molar-refractivity contribution >= 4 is 5.91 Å². The van der Waals surface area contributed by atoms with E-state index in [1.165, 1.54) is 5.56 Å². The highest BCUT2D eigenvalue weighted by Crippen LogP contribution is 2.23. The number of hydrogen-bond donors (Lipinski definition) is 2. The first kappa shape index (κ1) is 13.9. The molecular formula is C15H22N2O2. The molecule has 0 saturated heterocycles. The summed E-state index contributed by atoms with van der Waals surface area (Å²) in [6.07, 6.45) is 0.870. The summed E-state index contributed by atoms with van der Waals surface area (Å²) in [5.41, 5.74) is 2.30. The Bertz CT molecular complexity index is 459. The normalized spacial score (nSPS) is 16.0. The number of amides is 1. The maximum atomic E-state index is 12.3. The second-order valence-electron chi connectivity index (χ2n) is 5.17. The number of carbonyl (C=O) groups is 1. The second kappa shape index (κ2) is 6.06. The number of hydrogen-bond acceptors (Lipinski definition) is 3. The van der Waals surface area contributed by atoms with E-state index in [-0.39, 0.29) is 17.6 Å². The summed E-state index contributed by atoms with van der Waals surface area (Å²) in [4.78, 5) is 14.2. The van der Waals surface area contributed by atoms with E-state index >= 15 is 0 Å². The van der Waals surface area contributed by atoms with Gasteiger partial charge in [0.1, 0.15) is 5.75 Å². The average Bonchev–Trinajstić information content (AvgIpc) is 2.43. The number of carbonyl (C=O) groups excluding carboxylic acids is 1. The van der Waals surface area contributed by atoms with Crippen molar-refractivity contribution in [3.05, 3.63) is 29.3 Å². The number of nitrogens with one attached hydrogen (secondary N) is 1. The average molecular weight is 262 g/mol. The molecule has 2 N–H and O–H groups in total. The van der Waals surface area contributed by atoms with Crippen molar-refractivity contribution in [3.8, 4) is 5.75 Å². The van der Waals surface area contributed by atoms with Crippen LogP contribution in [0.5, 0.6) is 5.75 Å². The van der Waals surface area contributed by atoms with Crippen molar-refractivity contribution in [3.63, 3.8) is 0 Å². The Kier molecular flexibility index (Phi) is 4.43. The van der Waals surface area contributed by atoms with E-state index in [1.807, 2.05) is 24.8 Å². The fourth-order valence-corrected chi connectivity index (χ4v) is 2.49. The molecule has 1 unspecified atom stereocenters. The largest absolute Gasteiger partial charge is 0.508 e. The van der Waals surface area contributed by atoms with E-state index in [4.69, 9.17) is 0 Å². The first-order valence-corrected chi connectivity index (χ1v) is 6.92. The fraction of sp³-hybridized carbons (Fsp3) is 0.533. The Morgan fingerprint density at radius 2 is 2.26 bits per heavy atom. The molecule has 19 heavy (non-hydrogen) atoms. The summed E-state index contributed by atoms with van der Waals surface area (Å²) in [5.74, 6) is 0.461. The Morgan fingerprint density at radius 3 is 3.00 bits per heavy atom. The molecule has 1 aliphatic heterocycles. The number of benzene rings is 1. The van der Waals surface area contributed by atoms with Gasteiger partial charge in [-0.25, -0.2) is 0 Å².